The lowest BCUT2D eigenvalue weighted by Gasteiger charge is -2.38. The zero-order chi connectivity index (χ0) is 17.2. The molecular formula is C21H27NOS. The molecule has 0 fully saturated rings. The highest BCUT2D eigenvalue weighted by Crippen LogP contribution is 2.42. The molecule has 1 N–H and O–H groups in total. The first-order chi connectivity index (χ1) is 11.6. The van der Waals surface area contributed by atoms with Gasteiger partial charge < -0.3 is 5.11 Å². The van der Waals surface area contributed by atoms with E-state index < -0.39 is 5.60 Å². The maximum absolute atomic E-state index is 11.8. The predicted molar refractivity (Wildman–Crippen MR) is 103 cm³/mol. The third-order valence-electron chi connectivity index (χ3n) is 5.14. The number of rotatable bonds is 5. The molecule has 1 aliphatic carbocycles. The van der Waals surface area contributed by atoms with Crippen LogP contribution in [-0.2, 0) is 12.0 Å². The third kappa shape index (κ3) is 3.21. The molecule has 2 nitrogen and oxygen atoms in total. The summed E-state index contributed by atoms with van der Waals surface area (Å²) in [4.78, 5) is 3.52. The van der Waals surface area contributed by atoms with Crippen LogP contribution < -0.4 is 0 Å². The van der Waals surface area contributed by atoms with Crippen LogP contribution in [0.15, 0.2) is 54.4 Å². The Morgan fingerprint density at radius 1 is 1.33 bits per heavy atom. The van der Waals surface area contributed by atoms with Gasteiger partial charge in [-0.05, 0) is 49.3 Å². The van der Waals surface area contributed by atoms with E-state index in [0.717, 1.165) is 36.2 Å². The van der Waals surface area contributed by atoms with Gasteiger partial charge >= 0.3 is 0 Å². The predicted octanol–water partition coefficient (Wildman–Crippen LogP) is 4.59. The Balaban J connectivity index is 2.04. The lowest BCUT2D eigenvalue weighted by Crippen LogP contribution is -2.44. The van der Waals surface area contributed by atoms with Gasteiger partial charge in [0.05, 0.1) is 0 Å². The van der Waals surface area contributed by atoms with Crippen LogP contribution in [0.1, 0.15) is 42.7 Å². The Kier molecular flexibility index (Phi) is 5.24. The number of thiophene rings is 1. The van der Waals surface area contributed by atoms with Crippen molar-refractivity contribution in [3.8, 4) is 0 Å². The summed E-state index contributed by atoms with van der Waals surface area (Å²) in [6.07, 6.45) is 4.78. The molecule has 2 aromatic rings. The average molecular weight is 342 g/mol. The van der Waals surface area contributed by atoms with Gasteiger partial charge in [-0.2, -0.15) is 0 Å². The molecule has 1 aromatic carbocycles. The zero-order valence-electron chi connectivity index (χ0n) is 14.6. The monoisotopic (exact) mass is 341 g/mol. The maximum Gasteiger partial charge on any atom is 0.125 e. The first-order valence-corrected chi connectivity index (χ1v) is 9.65. The average Bonchev–Trinajstić information content (AvgIpc) is 3.07. The second kappa shape index (κ2) is 7.22. The minimum Gasteiger partial charge on any atom is -0.379 e. The fourth-order valence-corrected chi connectivity index (χ4v) is 4.83. The zero-order valence-corrected chi connectivity index (χ0v) is 15.4. The van der Waals surface area contributed by atoms with Crippen molar-refractivity contribution in [2.24, 2.45) is 0 Å². The first-order valence-electron chi connectivity index (χ1n) is 8.77. The number of nitrogens with zero attached hydrogens (tertiary/aromatic N) is 1. The van der Waals surface area contributed by atoms with E-state index in [-0.39, 0.29) is 0 Å². The molecule has 3 heteroatoms. The number of fused-ring (bicyclic) bond motifs is 1. The van der Waals surface area contributed by atoms with Crippen LogP contribution in [0.4, 0.5) is 0 Å². The van der Waals surface area contributed by atoms with Crippen molar-refractivity contribution in [2.45, 2.75) is 50.8 Å². The van der Waals surface area contributed by atoms with Crippen molar-refractivity contribution in [2.75, 3.05) is 6.54 Å². The highest BCUT2D eigenvalue weighted by atomic mass is 32.1. The highest BCUT2D eigenvalue weighted by Gasteiger charge is 2.40. The molecule has 1 aromatic heterocycles. The van der Waals surface area contributed by atoms with Crippen LogP contribution in [0.3, 0.4) is 0 Å². The van der Waals surface area contributed by atoms with E-state index in [9.17, 15) is 5.11 Å². The van der Waals surface area contributed by atoms with Crippen LogP contribution in [-0.4, -0.2) is 28.6 Å². The summed E-state index contributed by atoms with van der Waals surface area (Å²) in [6.45, 7) is 9.24. The smallest absolute Gasteiger partial charge is 0.125 e. The number of benzene rings is 1. The molecule has 128 valence electrons. The fourth-order valence-electron chi connectivity index (χ4n) is 3.98. The second-order valence-corrected chi connectivity index (χ2v) is 7.92. The Hall–Kier alpha value is -1.42. The highest BCUT2D eigenvalue weighted by molar-refractivity contribution is 7.10. The molecule has 0 radical (unpaired) electrons. The van der Waals surface area contributed by atoms with Crippen LogP contribution >= 0.6 is 11.3 Å². The van der Waals surface area contributed by atoms with Gasteiger partial charge in [0.2, 0.25) is 0 Å². The van der Waals surface area contributed by atoms with Crippen molar-refractivity contribution in [1.82, 2.24) is 4.90 Å². The van der Waals surface area contributed by atoms with Crippen molar-refractivity contribution in [3.05, 3.63) is 70.4 Å². The van der Waals surface area contributed by atoms with Gasteiger partial charge in [-0.15, -0.1) is 17.9 Å². The van der Waals surface area contributed by atoms with E-state index in [0.29, 0.717) is 12.1 Å². The SMILES string of the molecule is C=CCN(C(C)C)C1CCc2ccccc2C(O)(c2cccs2)C1. The summed E-state index contributed by atoms with van der Waals surface area (Å²) < 4.78 is 0. The van der Waals surface area contributed by atoms with Crippen LogP contribution in [0.25, 0.3) is 0 Å². The fraction of sp³-hybridized carbons (Fsp3) is 0.429. The molecule has 24 heavy (non-hydrogen) atoms. The molecule has 0 amide bonds. The van der Waals surface area contributed by atoms with E-state index in [1.165, 1.54) is 5.56 Å². The molecule has 2 atom stereocenters. The summed E-state index contributed by atoms with van der Waals surface area (Å²) in [5.74, 6) is 0. The van der Waals surface area contributed by atoms with E-state index in [1.807, 2.05) is 18.2 Å². The van der Waals surface area contributed by atoms with Gasteiger partial charge in [0.1, 0.15) is 5.60 Å². The molecule has 0 spiro atoms. The maximum atomic E-state index is 11.8. The molecule has 0 saturated heterocycles. The van der Waals surface area contributed by atoms with Crippen molar-refractivity contribution in [3.63, 3.8) is 0 Å². The lowest BCUT2D eigenvalue weighted by atomic mass is 9.85. The van der Waals surface area contributed by atoms with Gasteiger partial charge in [0, 0.05) is 29.9 Å². The summed E-state index contributed by atoms with van der Waals surface area (Å²) in [7, 11) is 0. The molecule has 1 heterocycles. The van der Waals surface area contributed by atoms with Crippen LogP contribution in [0.5, 0.6) is 0 Å². The van der Waals surface area contributed by atoms with E-state index in [1.54, 1.807) is 11.3 Å². The Bertz CT molecular complexity index is 679. The second-order valence-electron chi connectivity index (χ2n) is 6.97. The Labute approximate surface area is 149 Å². The minimum absolute atomic E-state index is 0.336. The topological polar surface area (TPSA) is 23.5 Å². The summed E-state index contributed by atoms with van der Waals surface area (Å²) in [5.41, 5.74) is 1.45. The number of hydrogen-bond acceptors (Lipinski definition) is 3. The number of aryl methyl sites for hydroxylation is 1. The normalized spacial score (nSPS) is 24.0. The van der Waals surface area contributed by atoms with Gasteiger partial charge in [-0.25, -0.2) is 0 Å². The third-order valence-corrected chi connectivity index (χ3v) is 6.16. The van der Waals surface area contributed by atoms with Crippen molar-refractivity contribution in [1.29, 1.82) is 0 Å². The van der Waals surface area contributed by atoms with Crippen molar-refractivity contribution >= 4 is 11.3 Å². The quantitative estimate of drug-likeness (QED) is 0.635. The van der Waals surface area contributed by atoms with Crippen LogP contribution in [0.2, 0.25) is 0 Å². The van der Waals surface area contributed by atoms with Gasteiger partial charge in [0.25, 0.3) is 0 Å². The number of aliphatic hydroxyl groups is 1. The standard InChI is InChI=1S/C21H27NOS/c1-4-13-22(16(2)3)18-12-11-17-8-5-6-9-19(17)21(23,15-18)20-10-7-14-24-20/h4-10,14,16,18,23H,1,11-13,15H2,2-3H3. The summed E-state index contributed by atoms with van der Waals surface area (Å²) in [6, 6.07) is 13.3. The van der Waals surface area contributed by atoms with Gasteiger partial charge in [-0.1, -0.05) is 36.4 Å². The molecule has 2 unspecified atom stereocenters. The largest absolute Gasteiger partial charge is 0.379 e. The molecule has 0 aliphatic heterocycles. The minimum atomic E-state index is -0.903. The molecule has 0 saturated carbocycles. The van der Waals surface area contributed by atoms with E-state index >= 15 is 0 Å². The van der Waals surface area contributed by atoms with Gasteiger partial charge in [0.15, 0.2) is 0 Å². The molecule has 1 aliphatic rings. The molecular weight excluding hydrogens is 314 g/mol. The Morgan fingerprint density at radius 2 is 2.12 bits per heavy atom. The lowest BCUT2D eigenvalue weighted by molar-refractivity contribution is 0.0325. The van der Waals surface area contributed by atoms with E-state index in [2.05, 4.69) is 55.0 Å². The molecule has 0 bridgehead atoms. The van der Waals surface area contributed by atoms with Gasteiger partial charge in [-0.3, -0.25) is 4.90 Å². The summed E-state index contributed by atoms with van der Waals surface area (Å²) >= 11 is 1.65. The van der Waals surface area contributed by atoms with Crippen molar-refractivity contribution < 1.29 is 5.11 Å². The molecule has 3 rings (SSSR count). The van der Waals surface area contributed by atoms with Crippen LogP contribution in [0, 0.1) is 0 Å². The van der Waals surface area contributed by atoms with E-state index in [4.69, 9.17) is 0 Å². The Morgan fingerprint density at radius 3 is 2.79 bits per heavy atom. The first kappa shape index (κ1) is 17.4. The number of hydrogen-bond donors (Lipinski definition) is 1. The summed E-state index contributed by atoms with van der Waals surface area (Å²) in [5, 5.41) is 13.8.